The third-order valence-corrected chi connectivity index (χ3v) is 3.71. The van der Waals surface area contributed by atoms with Crippen LogP contribution in [0.3, 0.4) is 0 Å². The molecular formula is C14H32N2O. The normalized spacial score (nSPS) is 14.3. The van der Waals surface area contributed by atoms with Crippen LogP contribution >= 0.6 is 0 Å². The standard InChI is InChI=1S/C14H32N2O/c1-6-8-12(9-7-2)13(16-15)10-11-14(3,4)17-5/h12-13,16H,6-11,15H2,1-5H3. The minimum atomic E-state index is -0.0436. The predicted molar refractivity (Wildman–Crippen MR) is 74.7 cm³/mol. The van der Waals surface area contributed by atoms with Crippen molar-refractivity contribution in [3.8, 4) is 0 Å². The Hall–Kier alpha value is -0.120. The molecule has 0 amide bonds. The lowest BCUT2D eigenvalue weighted by molar-refractivity contribution is 0.00985. The topological polar surface area (TPSA) is 47.3 Å². The third-order valence-electron chi connectivity index (χ3n) is 3.71. The predicted octanol–water partition coefficient (Wildman–Crippen LogP) is 3.24. The van der Waals surface area contributed by atoms with Crippen molar-refractivity contribution in [2.75, 3.05) is 7.11 Å². The largest absolute Gasteiger partial charge is 0.379 e. The molecule has 0 fully saturated rings. The number of methoxy groups -OCH3 is 1. The van der Waals surface area contributed by atoms with Crippen molar-refractivity contribution in [3.63, 3.8) is 0 Å². The zero-order valence-electron chi connectivity index (χ0n) is 12.4. The van der Waals surface area contributed by atoms with Gasteiger partial charge in [0.25, 0.3) is 0 Å². The Bertz CT molecular complexity index is 177. The van der Waals surface area contributed by atoms with Gasteiger partial charge in [-0.25, -0.2) is 0 Å². The lowest BCUT2D eigenvalue weighted by atomic mass is 9.86. The molecule has 0 aromatic carbocycles. The van der Waals surface area contributed by atoms with Gasteiger partial charge < -0.3 is 4.74 Å². The molecule has 0 bridgehead atoms. The second-order valence-corrected chi connectivity index (χ2v) is 5.61. The van der Waals surface area contributed by atoms with E-state index in [1.165, 1.54) is 25.7 Å². The minimum absolute atomic E-state index is 0.0436. The van der Waals surface area contributed by atoms with Gasteiger partial charge in [0, 0.05) is 13.2 Å². The molecule has 1 unspecified atom stereocenters. The zero-order chi connectivity index (χ0) is 13.3. The summed E-state index contributed by atoms with van der Waals surface area (Å²) in [7, 11) is 1.78. The maximum absolute atomic E-state index is 5.71. The molecule has 17 heavy (non-hydrogen) atoms. The third kappa shape index (κ3) is 7.02. The van der Waals surface area contributed by atoms with E-state index in [4.69, 9.17) is 10.6 Å². The summed E-state index contributed by atoms with van der Waals surface area (Å²) < 4.78 is 5.46. The van der Waals surface area contributed by atoms with Gasteiger partial charge in [0.05, 0.1) is 5.60 Å². The number of nitrogens with two attached hydrogens (primary N) is 1. The molecule has 0 aliphatic rings. The van der Waals surface area contributed by atoms with Gasteiger partial charge >= 0.3 is 0 Å². The number of nitrogens with one attached hydrogen (secondary N) is 1. The molecule has 0 saturated carbocycles. The lowest BCUT2D eigenvalue weighted by Gasteiger charge is -2.30. The number of rotatable bonds is 10. The van der Waals surface area contributed by atoms with Crippen molar-refractivity contribution in [2.24, 2.45) is 11.8 Å². The molecule has 0 radical (unpaired) electrons. The van der Waals surface area contributed by atoms with Gasteiger partial charge in [-0.3, -0.25) is 11.3 Å². The molecule has 104 valence electrons. The van der Waals surface area contributed by atoms with Gasteiger partial charge in [-0.15, -0.1) is 0 Å². The van der Waals surface area contributed by atoms with E-state index in [-0.39, 0.29) is 5.60 Å². The molecule has 0 aliphatic carbocycles. The molecular weight excluding hydrogens is 212 g/mol. The van der Waals surface area contributed by atoms with Gasteiger partial charge in [-0.05, 0) is 45.4 Å². The Morgan fingerprint density at radius 2 is 1.65 bits per heavy atom. The van der Waals surface area contributed by atoms with Crippen molar-refractivity contribution < 1.29 is 4.74 Å². The molecule has 3 nitrogen and oxygen atoms in total. The maximum atomic E-state index is 5.71. The molecule has 0 aromatic rings. The van der Waals surface area contributed by atoms with Crippen molar-refractivity contribution in [1.82, 2.24) is 5.43 Å². The Morgan fingerprint density at radius 3 is 2.00 bits per heavy atom. The van der Waals surface area contributed by atoms with Crippen LogP contribution in [-0.2, 0) is 4.74 Å². The van der Waals surface area contributed by atoms with Crippen LogP contribution < -0.4 is 11.3 Å². The summed E-state index contributed by atoms with van der Waals surface area (Å²) in [6, 6.07) is 0.421. The van der Waals surface area contributed by atoms with Gasteiger partial charge in [0.15, 0.2) is 0 Å². The summed E-state index contributed by atoms with van der Waals surface area (Å²) in [5, 5.41) is 0. The van der Waals surface area contributed by atoms with E-state index >= 15 is 0 Å². The zero-order valence-corrected chi connectivity index (χ0v) is 12.4. The van der Waals surface area contributed by atoms with Crippen molar-refractivity contribution in [2.45, 2.75) is 77.9 Å². The molecule has 0 spiro atoms. The lowest BCUT2D eigenvalue weighted by Crippen LogP contribution is -2.42. The first-order valence-corrected chi connectivity index (χ1v) is 7.02. The van der Waals surface area contributed by atoms with E-state index in [2.05, 4.69) is 33.1 Å². The first-order chi connectivity index (χ1) is 8.00. The van der Waals surface area contributed by atoms with E-state index in [1.807, 2.05) is 0 Å². The fourth-order valence-electron chi connectivity index (χ4n) is 2.35. The summed E-state index contributed by atoms with van der Waals surface area (Å²) >= 11 is 0. The summed E-state index contributed by atoms with van der Waals surface area (Å²) in [6.45, 7) is 8.76. The van der Waals surface area contributed by atoms with Crippen LogP contribution in [0.25, 0.3) is 0 Å². The van der Waals surface area contributed by atoms with Gasteiger partial charge in [-0.2, -0.15) is 0 Å². The highest BCUT2D eigenvalue weighted by molar-refractivity contribution is 4.78. The molecule has 0 aromatic heterocycles. The summed E-state index contributed by atoms with van der Waals surface area (Å²) in [4.78, 5) is 0. The van der Waals surface area contributed by atoms with Crippen LogP contribution in [-0.4, -0.2) is 18.8 Å². The molecule has 3 N–H and O–H groups in total. The number of ether oxygens (including phenoxy) is 1. The van der Waals surface area contributed by atoms with E-state index in [9.17, 15) is 0 Å². The monoisotopic (exact) mass is 244 g/mol. The molecule has 0 rings (SSSR count). The molecule has 0 aliphatic heterocycles. The second kappa shape index (κ2) is 8.90. The number of hydrogen-bond donors (Lipinski definition) is 2. The highest BCUT2D eigenvalue weighted by Crippen LogP contribution is 2.24. The molecule has 0 saturated heterocycles. The highest BCUT2D eigenvalue weighted by atomic mass is 16.5. The summed E-state index contributed by atoms with van der Waals surface area (Å²) in [5.41, 5.74) is 2.97. The Morgan fingerprint density at radius 1 is 1.12 bits per heavy atom. The van der Waals surface area contributed by atoms with Crippen molar-refractivity contribution in [3.05, 3.63) is 0 Å². The Labute approximate surface area is 107 Å². The van der Waals surface area contributed by atoms with Crippen LogP contribution in [0.4, 0.5) is 0 Å². The molecule has 0 heterocycles. The van der Waals surface area contributed by atoms with Crippen molar-refractivity contribution in [1.29, 1.82) is 0 Å². The van der Waals surface area contributed by atoms with Crippen LogP contribution in [0.1, 0.15) is 66.2 Å². The maximum Gasteiger partial charge on any atom is 0.0623 e. The average Bonchev–Trinajstić information content (AvgIpc) is 2.30. The van der Waals surface area contributed by atoms with Gasteiger partial charge in [0.1, 0.15) is 0 Å². The summed E-state index contributed by atoms with van der Waals surface area (Å²) in [6.07, 6.45) is 7.11. The minimum Gasteiger partial charge on any atom is -0.379 e. The quantitative estimate of drug-likeness (QED) is 0.458. The van der Waals surface area contributed by atoms with Crippen LogP contribution in [0.5, 0.6) is 0 Å². The molecule has 3 heteroatoms. The first kappa shape index (κ1) is 16.9. The van der Waals surface area contributed by atoms with Crippen LogP contribution in [0.15, 0.2) is 0 Å². The first-order valence-electron chi connectivity index (χ1n) is 7.02. The van der Waals surface area contributed by atoms with Crippen LogP contribution in [0, 0.1) is 5.92 Å². The average molecular weight is 244 g/mol. The molecule has 1 atom stereocenters. The smallest absolute Gasteiger partial charge is 0.0623 e. The Balaban J connectivity index is 4.26. The summed E-state index contributed by atoms with van der Waals surface area (Å²) in [5.74, 6) is 6.41. The fraction of sp³-hybridized carbons (Fsp3) is 1.00. The second-order valence-electron chi connectivity index (χ2n) is 5.61. The van der Waals surface area contributed by atoms with E-state index < -0.39 is 0 Å². The van der Waals surface area contributed by atoms with Gasteiger partial charge in [-0.1, -0.05) is 26.7 Å². The van der Waals surface area contributed by atoms with E-state index in [0.29, 0.717) is 12.0 Å². The van der Waals surface area contributed by atoms with Crippen LogP contribution in [0.2, 0.25) is 0 Å². The highest BCUT2D eigenvalue weighted by Gasteiger charge is 2.23. The Kier molecular flexibility index (Phi) is 8.83. The number of hydrogen-bond acceptors (Lipinski definition) is 3. The van der Waals surface area contributed by atoms with E-state index in [1.54, 1.807) is 7.11 Å². The number of hydrazine groups is 1. The fourth-order valence-corrected chi connectivity index (χ4v) is 2.35. The SMILES string of the molecule is CCCC(CCC)C(CCC(C)(C)OC)NN. The van der Waals surface area contributed by atoms with Crippen molar-refractivity contribution >= 4 is 0 Å². The van der Waals surface area contributed by atoms with Gasteiger partial charge in [0.2, 0.25) is 0 Å². The van der Waals surface area contributed by atoms with E-state index in [0.717, 1.165) is 12.8 Å².